The molecule has 1 aliphatic carbocycles. The summed E-state index contributed by atoms with van der Waals surface area (Å²) in [4.78, 5) is 12.5. The first-order chi connectivity index (χ1) is 9.34. The summed E-state index contributed by atoms with van der Waals surface area (Å²) < 4.78 is 0. The van der Waals surface area contributed by atoms with E-state index in [9.17, 15) is 4.79 Å². The van der Waals surface area contributed by atoms with Crippen LogP contribution in [-0.4, -0.2) is 24.0 Å². The van der Waals surface area contributed by atoms with Crippen LogP contribution in [0.4, 0.5) is 4.79 Å². The zero-order valence-corrected chi connectivity index (χ0v) is 15.1. The van der Waals surface area contributed by atoms with E-state index in [-0.39, 0.29) is 6.03 Å². The van der Waals surface area contributed by atoms with Gasteiger partial charge in [0.2, 0.25) is 0 Å². The van der Waals surface area contributed by atoms with Crippen LogP contribution in [0.3, 0.4) is 0 Å². The van der Waals surface area contributed by atoms with Crippen LogP contribution in [-0.2, 0) is 0 Å². The molecule has 1 unspecified atom stereocenters. The Hall–Kier alpha value is -0.730. The largest absolute Gasteiger partial charge is 0.351 e. The molecular formula is C17H38N2O. The predicted octanol–water partition coefficient (Wildman–Crippen LogP) is 4.90. The van der Waals surface area contributed by atoms with Gasteiger partial charge in [0.15, 0.2) is 0 Å². The Balaban J connectivity index is 0. The molecule has 1 aliphatic heterocycles. The number of nitrogens with zero attached hydrogens (tertiary/aromatic N) is 1. The molecule has 0 aromatic carbocycles. The molecule has 1 heterocycles. The summed E-state index contributed by atoms with van der Waals surface area (Å²) in [6.45, 7) is 18.6. The molecule has 2 N–H and O–H groups in total. The minimum Gasteiger partial charge on any atom is -0.351 e. The van der Waals surface area contributed by atoms with Crippen molar-refractivity contribution in [3.63, 3.8) is 0 Å². The quantitative estimate of drug-likeness (QED) is 0.676. The van der Waals surface area contributed by atoms with Gasteiger partial charge in [-0.2, -0.15) is 0 Å². The Kier molecular flexibility index (Phi) is 11.8. The molecule has 0 radical (unpaired) electrons. The van der Waals surface area contributed by atoms with Crippen molar-refractivity contribution in [2.45, 2.75) is 74.7 Å². The topological polar surface area (TPSA) is 46.3 Å². The molecule has 2 rings (SSSR count). The Morgan fingerprint density at radius 1 is 1.15 bits per heavy atom. The number of hydrogen-bond acceptors (Lipinski definition) is 1. The first kappa shape index (κ1) is 21.6. The molecule has 20 heavy (non-hydrogen) atoms. The molecule has 2 amide bonds. The number of hydrogen-bond donors (Lipinski definition) is 1. The van der Waals surface area contributed by atoms with E-state index in [4.69, 9.17) is 5.73 Å². The smallest absolute Gasteiger partial charge is 0.314 e. The molecule has 0 bridgehead atoms. The van der Waals surface area contributed by atoms with Crippen molar-refractivity contribution in [3.05, 3.63) is 0 Å². The SMILES string of the molecule is CC.CC.CC(C)C.CC1CCC2(C1)CN(C(N)=O)C2. The van der Waals surface area contributed by atoms with Gasteiger partial charge in [0.25, 0.3) is 0 Å². The Morgan fingerprint density at radius 2 is 1.55 bits per heavy atom. The summed E-state index contributed by atoms with van der Waals surface area (Å²) in [7, 11) is 0. The molecule has 0 aromatic heterocycles. The number of likely N-dealkylation sites (tertiary alicyclic amines) is 1. The van der Waals surface area contributed by atoms with E-state index in [1.165, 1.54) is 19.3 Å². The van der Waals surface area contributed by atoms with Crippen LogP contribution in [0.25, 0.3) is 0 Å². The van der Waals surface area contributed by atoms with E-state index in [0.717, 1.165) is 24.9 Å². The van der Waals surface area contributed by atoms with E-state index in [2.05, 4.69) is 27.7 Å². The Labute approximate surface area is 127 Å². The number of primary amides is 1. The molecular weight excluding hydrogens is 248 g/mol. The van der Waals surface area contributed by atoms with Gasteiger partial charge in [0, 0.05) is 18.5 Å². The monoisotopic (exact) mass is 286 g/mol. The summed E-state index contributed by atoms with van der Waals surface area (Å²) in [5.74, 6) is 1.68. The Morgan fingerprint density at radius 3 is 1.80 bits per heavy atom. The highest BCUT2D eigenvalue weighted by Crippen LogP contribution is 2.47. The summed E-state index contributed by atoms with van der Waals surface area (Å²) in [6, 6.07) is -0.250. The van der Waals surface area contributed by atoms with Crippen LogP contribution in [0.5, 0.6) is 0 Å². The highest BCUT2D eigenvalue weighted by molar-refractivity contribution is 5.73. The summed E-state index contributed by atoms with van der Waals surface area (Å²) in [5.41, 5.74) is 5.64. The van der Waals surface area contributed by atoms with E-state index in [1.54, 1.807) is 4.90 Å². The van der Waals surface area contributed by atoms with Crippen LogP contribution in [0.15, 0.2) is 0 Å². The van der Waals surface area contributed by atoms with Gasteiger partial charge < -0.3 is 10.6 Å². The van der Waals surface area contributed by atoms with Gasteiger partial charge in [-0.25, -0.2) is 4.79 Å². The average Bonchev–Trinajstić information content (AvgIpc) is 2.74. The minimum atomic E-state index is -0.250. The average molecular weight is 287 g/mol. The highest BCUT2D eigenvalue weighted by Gasteiger charge is 2.47. The van der Waals surface area contributed by atoms with Crippen molar-refractivity contribution in [1.29, 1.82) is 0 Å². The van der Waals surface area contributed by atoms with Crippen molar-refractivity contribution in [3.8, 4) is 0 Å². The lowest BCUT2D eigenvalue weighted by molar-refractivity contribution is 0.0381. The molecule has 3 heteroatoms. The van der Waals surface area contributed by atoms with Gasteiger partial charge in [-0.3, -0.25) is 0 Å². The highest BCUT2D eigenvalue weighted by atomic mass is 16.2. The van der Waals surface area contributed by atoms with Gasteiger partial charge in [0.05, 0.1) is 0 Å². The fraction of sp³-hybridized carbons (Fsp3) is 0.941. The van der Waals surface area contributed by atoms with Gasteiger partial charge in [0.1, 0.15) is 0 Å². The maximum Gasteiger partial charge on any atom is 0.314 e. The van der Waals surface area contributed by atoms with Crippen LogP contribution in [0.2, 0.25) is 0 Å². The van der Waals surface area contributed by atoms with Gasteiger partial charge in [-0.1, -0.05) is 61.8 Å². The molecule has 1 saturated heterocycles. The van der Waals surface area contributed by atoms with Crippen LogP contribution < -0.4 is 5.73 Å². The maximum absolute atomic E-state index is 10.8. The normalized spacial score (nSPS) is 21.6. The third-order valence-corrected chi connectivity index (χ3v) is 3.31. The lowest BCUT2D eigenvalue weighted by Crippen LogP contribution is -2.58. The fourth-order valence-corrected chi connectivity index (χ4v) is 2.70. The van der Waals surface area contributed by atoms with Crippen molar-refractivity contribution >= 4 is 6.03 Å². The molecule has 1 spiro atoms. The van der Waals surface area contributed by atoms with Crippen molar-refractivity contribution < 1.29 is 4.79 Å². The molecule has 2 aliphatic rings. The first-order valence-electron chi connectivity index (χ1n) is 8.39. The predicted molar refractivity (Wildman–Crippen MR) is 89.8 cm³/mol. The lowest BCUT2D eigenvalue weighted by Gasteiger charge is -2.47. The zero-order chi connectivity index (χ0) is 16.3. The van der Waals surface area contributed by atoms with E-state index >= 15 is 0 Å². The summed E-state index contributed by atoms with van der Waals surface area (Å²) in [6.07, 6.45) is 3.90. The molecule has 0 aromatic rings. The van der Waals surface area contributed by atoms with Crippen LogP contribution in [0, 0.1) is 17.3 Å². The van der Waals surface area contributed by atoms with E-state index < -0.39 is 0 Å². The van der Waals surface area contributed by atoms with Crippen molar-refractivity contribution in [2.24, 2.45) is 23.0 Å². The van der Waals surface area contributed by atoms with Crippen molar-refractivity contribution in [1.82, 2.24) is 4.90 Å². The summed E-state index contributed by atoms with van der Waals surface area (Å²) >= 11 is 0. The van der Waals surface area contributed by atoms with Crippen molar-refractivity contribution in [2.75, 3.05) is 13.1 Å². The number of amides is 2. The second-order valence-electron chi connectivity index (χ2n) is 6.27. The molecule has 3 nitrogen and oxygen atoms in total. The second kappa shape index (κ2) is 11.0. The minimum absolute atomic E-state index is 0.250. The molecule has 122 valence electrons. The van der Waals surface area contributed by atoms with E-state index in [0.29, 0.717) is 5.41 Å². The van der Waals surface area contributed by atoms with Gasteiger partial charge in [-0.05, 0) is 24.7 Å². The number of urea groups is 1. The first-order valence-corrected chi connectivity index (χ1v) is 8.39. The van der Waals surface area contributed by atoms with Crippen LogP contribution >= 0.6 is 0 Å². The number of nitrogens with two attached hydrogens (primary N) is 1. The molecule has 1 atom stereocenters. The standard InChI is InChI=1S/C9H16N2O.C4H10.2C2H6/c1-7-2-3-9(4-7)5-11(6-9)8(10)12;1-4(2)3;2*1-2/h7H,2-6H2,1H3,(H2,10,12);4H,1-3H3;2*1-2H3. The number of carbonyl (C=O) groups is 1. The maximum atomic E-state index is 10.8. The number of carbonyl (C=O) groups excluding carboxylic acids is 1. The van der Waals surface area contributed by atoms with Gasteiger partial charge in [-0.15, -0.1) is 0 Å². The summed E-state index contributed by atoms with van der Waals surface area (Å²) in [5, 5.41) is 0. The van der Waals surface area contributed by atoms with Gasteiger partial charge >= 0.3 is 6.03 Å². The number of rotatable bonds is 0. The third kappa shape index (κ3) is 7.76. The third-order valence-electron chi connectivity index (χ3n) is 3.31. The second-order valence-corrected chi connectivity index (χ2v) is 6.27. The van der Waals surface area contributed by atoms with Crippen LogP contribution in [0.1, 0.15) is 74.7 Å². The van der Waals surface area contributed by atoms with E-state index in [1.807, 2.05) is 27.7 Å². The zero-order valence-electron chi connectivity index (χ0n) is 15.1. The lowest BCUT2D eigenvalue weighted by atomic mass is 9.78. The Bertz CT molecular complexity index is 243. The molecule has 1 saturated carbocycles. The fourth-order valence-electron chi connectivity index (χ4n) is 2.70. The molecule has 2 fully saturated rings.